The van der Waals surface area contributed by atoms with Crippen molar-refractivity contribution in [1.82, 2.24) is 24.5 Å². The molecule has 0 aliphatic heterocycles. The summed E-state index contributed by atoms with van der Waals surface area (Å²) in [6.07, 6.45) is 10.6. The van der Waals surface area contributed by atoms with Crippen molar-refractivity contribution in [2.75, 3.05) is 4.43 Å². The van der Waals surface area contributed by atoms with Crippen LogP contribution in [0.4, 0.5) is 0 Å². The van der Waals surface area contributed by atoms with Gasteiger partial charge in [-0.25, -0.2) is 4.98 Å². The molecule has 0 atom stereocenters. The maximum Gasteiger partial charge on any atom is 0.166 e. The van der Waals surface area contributed by atoms with Gasteiger partial charge in [0.1, 0.15) is 11.8 Å². The molecule has 1 aliphatic rings. The van der Waals surface area contributed by atoms with E-state index < -0.39 is 0 Å². The minimum atomic E-state index is 0.628. The van der Waals surface area contributed by atoms with Crippen LogP contribution in [0.1, 0.15) is 35.7 Å². The highest BCUT2D eigenvalue weighted by atomic mass is 127. The Kier molecular flexibility index (Phi) is 8.18. The first kappa shape index (κ1) is 20.8. The van der Waals surface area contributed by atoms with Crippen LogP contribution in [0.15, 0.2) is 36.4 Å². The normalized spacial score (nSPS) is 11.4. The standard InChI is InChI=1S/C9H9N3O.C8H6N2O.C2H5I/c1-2-12-7(6-13)5-8-9(12)11-4-3-10-8;11-5-6-3-7-8(4-6)10-2-1-9-7;1-2-3/h3-6H,2H2,1H3;1-3,5H,4H2;2H2,1H3. The van der Waals surface area contributed by atoms with Crippen molar-refractivity contribution in [2.24, 2.45) is 0 Å². The largest absolute Gasteiger partial charge is 0.322 e. The van der Waals surface area contributed by atoms with Gasteiger partial charge >= 0.3 is 0 Å². The van der Waals surface area contributed by atoms with Gasteiger partial charge in [0.25, 0.3) is 0 Å². The minimum Gasteiger partial charge on any atom is -0.322 e. The van der Waals surface area contributed by atoms with Crippen LogP contribution in [-0.4, -0.2) is 41.5 Å². The number of hydrogen-bond acceptors (Lipinski definition) is 6. The zero-order chi connectivity index (χ0) is 19.6. The van der Waals surface area contributed by atoms with Crippen molar-refractivity contribution >= 4 is 52.4 Å². The number of hydrogen-bond donors (Lipinski definition) is 0. The van der Waals surface area contributed by atoms with Crippen LogP contribution in [0.2, 0.25) is 0 Å². The maximum absolute atomic E-state index is 10.7. The first-order chi connectivity index (χ1) is 13.2. The zero-order valence-electron chi connectivity index (χ0n) is 15.2. The van der Waals surface area contributed by atoms with Crippen LogP contribution in [0.3, 0.4) is 0 Å². The number of carbonyl (C=O) groups is 2. The van der Waals surface area contributed by atoms with Crippen LogP contribution in [0, 0.1) is 0 Å². The molecule has 0 N–H and O–H groups in total. The lowest BCUT2D eigenvalue weighted by Gasteiger charge is -1.99. The Morgan fingerprint density at radius 1 is 1.04 bits per heavy atom. The highest BCUT2D eigenvalue weighted by Crippen LogP contribution is 2.18. The number of carbonyl (C=O) groups excluding carboxylic acids is 2. The lowest BCUT2D eigenvalue weighted by Crippen LogP contribution is -1.99. The molecule has 0 bridgehead atoms. The van der Waals surface area contributed by atoms with Gasteiger partial charge in [0.05, 0.1) is 17.1 Å². The number of aldehydes is 2. The van der Waals surface area contributed by atoms with E-state index in [0.717, 1.165) is 47.2 Å². The second-order valence-electron chi connectivity index (χ2n) is 5.37. The summed E-state index contributed by atoms with van der Waals surface area (Å²) in [5, 5.41) is 0. The third kappa shape index (κ3) is 5.25. The van der Waals surface area contributed by atoms with E-state index in [4.69, 9.17) is 0 Å². The van der Waals surface area contributed by atoms with Gasteiger partial charge in [0.2, 0.25) is 0 Å². The van der Waals surface area contributed by atoms with E-state index in [-0.39, 0.29) is 0 Å². The van der Waals surface area contributed by atoms with E-state index in [0.29, 0.717) is 12.1 Å². The average molecular weight is 477 g/mol. The highest BCUT2D eigenvalue weighted by Gasteiger charge is 2.12. The monoisotopic (exact) mass is 477 g/mol. The molecule has 1 aliphatic carbocycles. The minimum absolute atomic E-state index is 0.628. The maximum atomic E-state index is 10.7. The van der Waals surface area contributed by atoms with E-state index >= 15 is 0 Å². The number of alkyl halides is 1. The van der Waals surface area contributed by atoms with Crippen molar-refractivity contribution in [3.63, 3.8) is 0 Å². The quantitative estimate of drug-likeness (QED) is 0.327. The molecule has 0 radical (unpaired) electrons. The van der Waals surface area contributed by atoms with Crippen LogP contribution >= 0.6 is 22.6 Å². The van der Waals surface area contributed by atoms with Gasteiger partial charge in [0, 0.05) is 43.3 Å². The fourth-order valence-corrected chi connectivity index (χ4v) is 2.55. The number of nitrogens with zero attached hydrogens (tertiary/aromatic N) is 5. The molecule has 0 unspecified atom stereocenters. The summed E-state index contributed by atoms with van der Waals surface area (Å²) in [5.74, 6) is 0. The number of fused-ring (bicyclic) bond motifs is 2. The number of rotatable bonds is 3. The van der Waals surface area contributed by atoms with Crippen LogP contribution in [0.5, 0.6) is 0 Å². The number of allylic oxidation sites excluding steroid dienone is 1. The summed E-state index contributed by atoms with van der Waals surface area (Å²) in [4.78, 5) is 37.5. The third-order valence-corrected chi connectivity index (χ3v) is 3.65. The Hall–Kier alpha value is -2.49. The molecule has 0 fully saturated rings. The SMILES string of the molecule is CCI.CCn1c(C=O)cc2nccnc21.O=CC1=Cc2nccnc2C1. The summed E-state index contributed by atoms with van der Waals surface area (Å²) in [7, 11) is 0. The first-order valence-electron chi connectivity index (χ1n) is 8.45. The van der Waals surface area contributed by atoms with E-state index in [2.05, 4.69) is 49.5 Å². The van der Waals surface area contributed by atoms with Crippen molar-refractivity contribution in [2.45, 2.75) is 26.8 Å². The molecule has 0 aromatic carbocycles. The van der Waals surface area contributed by atoms with Gasteiger partial charge < -0.3 is 4.57 Å². The molecule has 27 heavy (non-hydrogen) atoms. The van der Waals surface area contributed by atoms with Crippen LogP contribution < -0.4 is 0 Å². The van der Waals surface area contributed by atoms with Crippen molar-refractivity contribution in [3.8, 4) is 0 Å². The molecular weight excluding hydrogens is 457 g/mol. The molecule has 8 heteroatoms. The van der Waals surface area contributed by atoms with Crippen LogP contribution in [-0.2, 0) is 17.8 Å². The molecule has 3 heterocycles. The Balaban J connectivity index is 0.000000171. The van der Waals surface area contributed by atoms with E-state index in [1.807, 2.05) is 11.5 Å². The molecule has 4 rings (SSSR count). The molecule has 0 spiro atoms. The molecule has 7 nitrogen and oxygen atoms in total. The molecule has 0 amide bonds. The summed E-state index contributed by atoms with van der Waals surface area (Å²) in [6, 6.07) is 1.75. The topological polar surface area (TPSA) is 90.6 Å². The second kappa shape index (κ2) is 10.6. The number of aromatic nitrogens is 5. The van der Waals surface area contributed by atoms with E-state index in [1.54, 1.807) is 36.9 Å². The average Bonchev–Trinajstić information content (AvgIpc) is 3.29. The predicted molar refractivity (Wildman–Crippen MR) is 113 cm³/mol. The van der Waals surface area contributed by atoms with Gasteiger partial charge in [-0.05, 0) is 23.5 Å². The van der Waals surface area contributed by atoms with Crippen molar-refractivity contribution in [3.05, 3.63) is 53.5 Å². The lowest BCUT2D eigenvalue weighted by atomic mass is 10.2. The molecule has 140 valence electrons. The number of halogens is 1. The van der Waals surface area contributed by atoms with E-state index in [1.165, 1.54) is 4.43 Å². The zero-order valence-corrected chi connectivity index (χ0v) is 17.3. The highest BCUT2D eigenvalue weighted by molar-refractivity contribution is 14.1. The van der Waals surface area contributed by atoms with Crippen LogP contribution in [0.25, 0.3) is 17.2 Å². The smallest absolute Gasteiger partial charge is 0.166 e. The predicted octanol–water partition coefficient (Wildman–Crippen LogP) is 3.32. The fraction of sp³-hybridized carbons (Fsp3) is 0.263. The lowest BCUT2D eigenvalue weighted by molar-refractivity contribution is -0.104. The second-order valence-corrected chi connectivity index (χ2v) is 6.89. The Morgan fingerprint density at radius 2 is 1.70 bits per heavy atom. The summed E-state index contributed by atoms with van der Waals surface area (Å²) < 4.78 is 3.06. The third-order valence-electron chi connectivity index (χ3n) is 3.65. The van der Waals surface area contributed by atoms with Gasteiger partial charge in [-0.2, -0.15) is 0 Å². The molecule has 3 aromatic rings. The summed E-state index contributed by atoms with van der Waals surface area (Å²) in [5.41, 5.74) is 4.65. The molecule has 0 saturated heterocycles. The summed E-state index contributed by atoms with van der Waals surface area (Å²) in [6.45, 7) is 4.82. The molecule has 3 aromatic heterocycles. The molecule has 0 saturated carbocycles. The Bertz CT molecular complexity index is 952. The van der Waals surface area contributed by atoms with Gasteiger partial charge in [-0.3, -0.25) is 24.5 Å². The van der Waals surface area contributed by atoms with E-state index in [9.17, 15) is 9.59 Å². The first-order valence-corrected chi connectivity index (χ1v) is 9.97. The van der Waals surface area contributed by atoms with Gasteiger partial charge in [-0.1, -0.05) is 29.5 Å². The Morgan fingerprint density at radius 3 is 2.33 bits per heavy atom. The summed E-state index contributed by atoms with van der Waals surface area (Å²) >= 11 is 2.29. The van der Waals surface area contributed by atoms with Crippen molar-refractivity contribution in [1.29, 1.82) is 0 Å². The van der Waals surface area contributed by atoms with Crippen molar-refractivity contribution < 1.29 is 9.59 Å². The van der Waals surface area contributed by atoms with Gasteiger partial charge in [-0.15, -0.1) is 0 Å². The fourth-order valence-electron chi connectivity index (χ4n) is 2.55. The Labute approximate surface area is 171 Å². The van der Waals surface area contributed by atoms with Gasteiger partial charge in [0.15, 0.2) is 11.9 Å². The molecular formula is C19H20IN5O2. The number of aryl methyl sites for hydroxylation is 1.